The van der Waals surface area contributed by atoms with Crippen LogP contribution in [-0.2, 0) is 0 Å². The molecule has 0 aliphatic rings. The van der Waals surface area contributed by atoms with Crippen LogP contribution in [0.15, 0.2) is 48.5 Å². The molecule has 0 bridgehead atoms. The second-order valence-corrected chi connectivity index (χ2v) is 6.15. The fraction of sp³-hybridized carbons (Fsp3) is 0.150. The lowest BCUT2D eigenvalue weighted by molar-refractivity contribution is 0.0696. The Bertz CT molecular complexity index is 961. The van der Waals surface area contributed by atoms with Gasteiger partial charge in [0, 0.05) is 28.0 Å². The lowest BCUT2D eigenvalue weighted by Gasteiger charge is -2.15. The molecule has 0 spiro atoms. The van der Waals surface area contributed by atoms with Crippen molar-refractivity contribution in [1.82, 2.24) is 4.57 Å². The molecule has 26 heavy (non-hydrogen) atoms. The normalized spacial score (nSPS) is 10.6. The van der Waals surface area contributed by atoms with Crippen LogP contribution in [0.3, 0.4) is 0 Å². The number of ether oxygens (including phenoxy) is 2. The summed E-state index contributed by atoms with van der Waals surface area (Å²) >= 11 is 6.00. The van der Waals surface area contributed by atoms with Crippen LogP contribution >= 0.6 is 11.6 Å². The van der Waals surface area contributed by atoms with Crippen molar-refractivity contribution in [2.24, 2.45) is 0 Å². The molecule has 0 atom stereocenters. The van der Waals surface area contributed by atoms with E-state index in [2.05, 4.69) is 0 Å². The summed E-state index contributed by atoms with van der Waals surface area (Å²) in [7, 11) is 3.15. The quantitative estimate of drug-likeness (QED) is 0.698. The highest BCUT2D eigenvalue weighted by atomic mass is 35.5. The van der Waals surface area contributed by atoms with Gasteiger partial charge in [-0.1, -0.05) is 11.6 Å². The number of aromatic carboxylic acids is 1. The molecular weight excluding hydrogens is 354 g/mol. The maximum absolute atomic E-state index is 11.7. The van der Waals surface area contributed by atoms with Crippen molar-refractivity contribution in [3.8, 4) is 28.4 Å². The summed E-state index contributed by atoms with van der Waals surface area (Å²) in [5, 5.41) is 10.2. The zero-order valence-electron chi connectivity index (χ0n) is 14.6. The number of halogens is 1. The molecule has 3 rings (SSSR count). The molecule has 3 aromatic rings. The van der Waals surface area contributed by atoms with Gasteiger partial charge in [0.15, 0.2) is 0 Å². The summed E-state index contributed by atoms with van der Waals surface area (Å²) in [6, 6.07) is 14.3. The Kier molecular flexibility index (Phi) is 4.91. The zero-order valence-corrected chi connectivity index (χ0v) is 15.4. The van der Waals surface area contributed by atoms with E-state index in [4.69, 9.17) is 21.1 Å². The smallest absolute Gasteiger partial charge is 0.337 e. The van der Waals surface area contributed by atoms with Gasteiger partial charge in [-0.3, -0.25) is 0 Å². The number of benzene rings is 2. The van der Waals surface area contributed by atoms with Crippen molar-refractivity contribution in [1.29, 1.82) is 0 Å². The first-order chi connectivity index (χ1) is 12.5. The molecule has 1 heterocycles. The molecule has 0 radical (unpaired) electrons. The first kappa shape index (κ1) is 17.9. The molecular formula is C20H18ClNO4. The third kappa shape index (κ3) is 3.13. The summed E-state index contributed by atoms with van der Waals surface area (Å²) in [6.45, 7) is 1.78. The average molecular weight is 372 g/mol. The van der Waals surface area contributed by atoms with E-state index in [1.807, 2.05) is 28.8 Å². The van der Waals surface area contributed by atoms with Crippen molar-refractivity contribution in [2.75, 3.05) is 14.2 Å². The minimum Gasteiger partial charge on any atom is -0.497 e. The molecule has 5 nitrogen and oxygen atoms in total. The molecule has 6 heteroatoms. The summed E-state index contributed by atoms with van der Waals surface area (Å²) in [4.78, 5) is 11.7. The molecule has 0 amide bonds. The predicted octanol–water partition coefficient (Wildman–Crippen LogP) is 4.82. The highest BCUT2D eigenvalue weighted by Gasteiger charge is 2.21. The molecule has 2 aromatic carbocycles. The second-order valence-electron chi connectivity index (χ2n) is 5.71. The SMILES string of the molecule is COc1ccc(-c2cc(C(=O)O)c(C)n2-c2ccc(Cl)cc2)c(OC)c1. The highest BCUT2D eigenvalue weighted by molar-refractivity contribution is 6.30. The van der Waals surface area contributed by atoms with Gasteiger partial charge in [0.1, 0.15) is 11.5 Å². The van der Waals surface area contributed by atoms with Crippen molar-refractivity contribution in [3.05, 3.63) is 64.8 Å². The maximum Gasteiger partial charge on any atom is 0.337 e. The van der Waals surface area contributed by atoms with E-state index in [1.165, 1.54) is 0 Å². The van der Waals surface area contributed by atoms with Gasteiger partial charge in [-0.25, -0.2) is 4.79 Å². The Balaban J connectivity index is 2.29. The number of aromatic nitrogens is 1. The van der Waals surface area contributed by atoms with Gasteiger partial charge < -0.3 is 19.1 Å². The maximum atomic E-state index is 11.7. The van der Waals surface area contributed by atoms with Crippen molar-refractivity contribution >= 4 is 17.6 Å². The van der Waals surface area contributed by atoms with Crippen LogP contribution in [0.2, 0.25) is 5.02 Å². The van der Waals surface area contributed by atoms with E-state index >= 15 is 0 Å². The first-order valence-electron chi connectivity index (χ1n) is 7.90. The van der Waals surface area contributed by atoms with E-state index in [0.717, 1.165) is 11.3 Å². The largest absolute Gasteiger partial charge is 0.497 e. The zero-order chi connectivity index (χ0) is 18.8. The molecule has 0 aliphatic carbocycles. The van der Waals surface area contributed by atoms with Crippen LogP contribution < -0.4 is 9.47 Å². The van der Waals surface area contributed by atoms with Crippen molar-refractivity contribution in [2.45, 2.75) is 6.92 Å². The number of hydrogen-bond donors (Lipinski definition) is 1. The van der Waals surface area contributed by atoms with Crippen molar-refractivity contribution in [3.63, 3.8) is 0 Å². The predicted molar refractivity (Wildman–Crippen MR) is 101 cm³/mol. The van der Waals surface area contributed by atoms with Crippen LogP contribution in [0.5, 0.6) is 11.5 Å². The molecule has 1 N–H and O–H groups in total. The third-order valence-corrected chi connectivity index (χ3v) is 4.50. The standard InChI is InChI=1S/C20H18ClNO4/c1-12-17(20(23)24)11-18(22(12)14-6-4-13(21)5-7-14)16-9-8-15(25-2)10-19(16)26-3/h4-11H,1-3H3,(H,23,24). The fourth-order valence-corrected chi connectivity index (χ4v) is 3.08. The molecule has 0 saturated carbocycles. The summed E-state index contributed by atoms with van der Waals surface area (Å²) in [5.41, 5.74) is 3.13. The van der Waals surface area contributed by atoms with Gasteiger partial charge in [-0.15, -0.1) is 0 Å². The van der Waals surface area contributed by atoms with Crippen LogP contribution in [0.4, 0.5) is 0 Å². The number of methoxy groups -OCH3 is 2. The van der Waals surface area contributed by atoms with E-state index in [0.29, 0.717) is 27.9 Å². The van der Waals surface area contributed by atoms with Gasteiger partial charge in [-0.2, -0.15) is 0 Å². The van der Waals surface area contributed by atoms with Crippen LogP contribution in [0.1, 0.15) is 16.1 Å². The lowest BCUT2D eigenvalue weighted by atomic mass is 10.1. The highest BCUT2D eigenvalue weighted by Crippen LogP contribution is 2.37. The summed E-state index contributed by atoms with van der Waals surface area (Å²) in [6.07, 6.45) is 0. The minimum absolute atomic E-state index is 0.229. The molecule has 0 aliphatic heterocycles. The molecule has 0 saturated heterocycles. The monoisotopic (exact) mass is 371 g/mol. The van der Waals surface area contributed by atoms with Gasteiger partial charge >= 0.3 is 5.97 Å². The van der Waals surface area contributed by atoms with E-state index in [1.54, 1.807) is 45.4 Å². The average Bonchev–Trinajstić information content (AvgIpc) is 2.99. The van der Waals surface area contributed by atoms with Gasteiger partial charge in [0.05, 0.1) is 25.5 Å². The molecule has 1 aromatic heterocycles. The van der Waals surface area contributed by atoms with Crippen LogP contribution in [0.25, 0.3) is 16.9 Å². The topological polar surface area (TPSA) is 60.7 Å². The van der Waals surface area contributed by atoms with Crippen LogP contribution in [-0.4, -0.2) is 29.9 Å². The first-order valence-corrected chi connectivity index (χ1v) is 8.28. The number of carbonyl (C=O) groups is 1. The Morgan fingerprint density at radius 2 is 1.73 bits per heavy atom. The summed E-state index contributed by atoms with van der Waals surface area (Å²) in [5.74, 6) is 0.267. The minimum atomic E-state index is -0.982. The number of nitrogens with zero attached hydrogens (tertiary/aromatic N) is 1. The third-order valence-electron chi connectivity index (χ3n) is 4.25. The Labute approximate surface area is 156 Å². The molecule has 0 fully saturated rings. The van der Waals surface area contributed by atoms with E-state index in [-0.39, 0.29) is 5.56 Å². The number of rotatable bonds is 5. The molecule has 0 unspecified atom stereocenters. The lowest BCUT2D eigenvalue weighted by Crippen LogP contribution is -2.03. The van der Waals surface area contributed by atoms with Crippen LogP contribution in [0, 0.1) is 6.92 Å². The van der Waals surface area contributed by atoms with Gasteiger partial charge in [-0.05, 0) is 49.4 Å². The second kappa shape index (κ2) is 7.14. The Morgan fingerprint density at radius 3 is 2.31 bits per heavy atom. The Hall–Kier alpha value is -2.92. The number of carboxylic acids is 1. The van der Waals surface area contributed by atoms with E-state index < -0.39 is 5.97 Å². The molecule has 134 valence electrons. The fourth-order valence-electron chi connectivity index (χ4n) is 2.95. The Morgan fingerprint density at radius 1 is 1.04 bits per heavy atom. The number of carboxylic acid groups (broad SMARTS) is 1. The van der Waals surface area contributed by atoms with E-state index in [9.17, 15) is 9.90 Å². The van der Waals surface area contributed by atoms with Gasteiger partial charge in [0.25, 0.3) is 0 Å². The van der Waals surface area contributed by atoms with Crippen molar-refractivity contribution < 1.29 is 19.4 Å². The summed E-state index contributed by atoms with van der Waals surface area (Å²) < 4.78 is 12.6. The number of hydrogen-bond acceptors (Lipinski definition) is 3. The van der Waals surface area contributed by atoms with Gasteiger partial charge in [0.2, 0.25) is 0 Å².